The van der Waals surface area contributed by atoms with E-state index in [1.165, 1.54) is 11.8 Å². The number of carbonyl (C=O) groups is 1. The van der Waals surface area contributed by atoms with E-state index in [0.29, 0.717) is 12.2 Å². The molecule has 1 aromatic rings. The summed E-state index contributed by atoms with van der Waals surface area (Å²) < 4.78 is 0.953. The van der Waals surface area contributed by atoms with Crippen LogP contribution >= 0.6 is 27.7 Å². The fourth-order valence-corrected chi connectivity index (χ4v) is 2.36. The Labute approximate surface area is 96.6 Å². The van der Waals surface area contributed by atoms with Crippen LogP contribution < -0.4 is 0 Å². The molecule has 0 N–H and O–H groups in total. The molecule has 0 aliphatic rings. The third kappa shape index (κ3) is 3.80. The van der Waals surface area contributed by atoms with Gasteiger partial charge in [0, 0.05) is 17.1 Å². The van der Waals surface area contributed by atoms with Crippen LogP contribution in [0.15, 0.2) is 27.8 Å². The fraction of sp³-hybridized carbons (Fsp3) is 0.400. The van der Waals surface area contributed by atoms with Gasteiger partial charge in [-0.15, -0.1) is 0 Å². The van der Waals surface area contributed by atoms with E-state index >= 15 is 0 Å². The number of nitrogens with zero attached hydrogens (tertiary/aromatic N) is 1. The lowest BCUT2D eigenvalue weighted by atomic mass is 10.3. The highest BCUT2D eigenvalue weighted by molar-refractivity contribution is 9.10. The zero-order chi connectivity index (χ0) is 10.4. The lowest BCUT2D eigenvalue weighted by molar-refractivity contribution is -0.116. The molecular weight excluding hydrogens is 262 g/mol. The second-order valence-electron chi connectivity index (χ2n) is 2.87. The zero-order valence-corrected chi connectivity index (χ0v) is 10.4. The second kappa shape index (κ2) is 6.19. The summed E-state index contributed by atoms with van der Waals surface area (Å²) in [6.45, 7) is 2.01. The predicted molar refractivity (Wildman–Crippen MR) is 62.6 cm³/mol. The van der Waals surface area contributed by atoms with Gasteiger partial charge >= 0.3 is 0 Å². The van der Waals surface area contributed by atoms with E-state index in [-0.39, 0.29) is 5.78 Å². The summed E-state index contributed by atoms with van der Waals surface area (Å²) >= 11 is 4.88. The highest BCUT2D eigenvalue weighted by atomic mass is 79.9. The lowest BCUT2D eigenvalue weighted by Gasteiger charge is -2.01. The molecule has 1 heterocycles. The molecule has 0 saturated heterocycles. The average Bonchev–Trinajstić information content (AvgIpc) is 2.17. The van der Waals surface area contributed by atoms with Gasteiger partial charge in [0.25, 0.3) is 0 Å². The predicted octanol–water partition coefficient (Wildman–Crippen LogP) is 3.31. The van der Waals surface area contributed by atoms with Crippen molar-refractivity contribution in [3.63, 3.8) is 0 Å². The van der Waals surface area contributed by atoms with E-state index in [1.807, 2.05) is 19.1 Å². The lowest BCUT2D eigenvalue weighted by Crippen LogP contribution is -2.00. The van der Waals surface area contributed by atoms with Crippen molar-refractivity contribution >= 4 is 33.5 Å². The Kier molecular flexibility index (Phi) is 5.19. The number of halogens is 1. The molecule has 0 unspecified atom stereocenters. The van der Waals surface area contributed by atoms with E-state index in [9.17, 15) is 4.79 Å². The number of carbonyl (C=O) groups excluding carboxylic acids is 1. The average molecular weight is 274 g/mol. The molecule has 1 rings (SSSR count). The largest absolute Gasteiger partial charge is 0.299 e. The van der Waals surface area contributed by atoms with Crippen LogP contribution in [0.5, 0.6) is 0 Å². The van der Waals surface area contributed by atoms with Gasteiger partial charge in [-0.1, -0.05) is 18.7 Å². The third-order valence-corrected chi connectivity index (χ3v) is 3.59. The summed E-state index contributed by atoms with van der Waals surface area (Å²) in [6.07, 6.45) is 3.32. The molecule has 0 fully saturated rings. The van der Waals surface area contributed by atoms with Crippen LogP contribution in [0.3, 0.4) is 0 Å². The van der Waals surface area contributed by atoms with Crippen molar-refractivity contribution in [3.8, 4) is 0 Å². The molecule has 76 valence electrons. The third-order valence-electron chi connectivity index (χ3n) is 1.62. The number of thioether (sulfide) groups is 1. The van der Waals surface area contributed by atoms with Gasteiger partial charge in [-0.25, -0.2) is 4.98 Å². The maximum atomic E-state index is 11.3. The molecule has 0 saturated carbocycles. The van der Waals surface area contributed by atoms with Crippen molar-refractivity contribution < 1.29 is 4.79 Å². The fourth-order valence-electron chi connectivity index (χ4n) is 0.977. The first-order chi connectivity index (χ1) is 6.74. The summed E-state index contributed by atoms with van der Waals surface area (Å²) in [4.78, 5) is 15.4. The highest BCUT2D eigenvalue weighted by Crippen LogP contribution is 2.24. The van der Waals surface area contributed by atoms with E-state index in [1.54, 1.807) is 6.20 Å². The Hall–Kier alpha value is -0.350. The number of Topliss-reactive ketones (excluding diaryl/α,β-unsaturated/α-hetero) is 1. The van der Waals surface area contributed by atoms with E-state index < -0.39 is 0 Å². The first kappa shape index (κ1) is 11.7. The quantitative estimate of drug-likeness (QED) is 0.772. The Morgan fingerprint density at radius 1 is 1.64 bits per heavy atom. The van der Waals surface area contributed by atoms with Gasteiger partial charge in [0.05, 0.1) is 5.75 Å². The monoisotopic (exact) mass is 273 g/mol. The number of hydrogen-bond donors (Lipinski definition) is 0. The second-order valence-corrected chi connectivity index (χ2v) is 4.69. The summed E-state index contributed by atoms with van der Waals surface area (Å²) in [5.41, 5.74) is 0. The molecule has 0 radical (unpaired) electrons. The van der Waals surface area contributed by atoms with Crippen LogP contribution in [-0.2, 0) is 4.79 Å². The maximum Gasteiger partial charge on any atom is 0.143 e. The SMILES string of the molecule is CCCC(=O)CSc1ncccc1Br. The van der Waals surface area contributed by atoms with Crippen molar-refractivity contribution in [1.82, 2.24) is 4.98 Å². The molecule has 0 atom stereocenters. The summed E-state index contributed by atoms with van der Waals surface area (Å²) in [6, 6.07) is 3.79. The van der Waals surface area contributed by atoms with Gasteiger partial charge in [0.1, 0.15) is 10.8 Å². The Morgan fingerprint density at radius 3 is 3.07 bits per heavy atom. The van der Waals surface area contributed by atoms with Crippen LogP contribution in [-0.4, -0.2) is 16.5 Å². The highest BCUT2D eigenvalue weighted by Gasteiger charge is 2.05. The standard InChI is InChI=1S/C10H12BrNOS/c1-2-4-8(13)7-14-10-9(11)5-3-6-12-10/h3,5-6H,2,4,7H2,1H3. The Balaban J connectivity index is 2.46. The van der Waals surface area contributed by atoms with Gasteiger partial charge in [-0.2, -0.15) is 0 Å². The van der Waals surface area contributed by atoms with Gasteiger partial charge in [0.2, 0.25) is 0 Å². The molecule has 0 spiro atoms. The molecule has 1 aromatic heterocycles. The first-order valence-corrected chi connectivity index (χ1v) is 6.27. The number of ketones is 1. The van der Waals surface area contributed by atoms with Crippen molar-refractivity contribution in [2.45, 2.75) is 24.8 Å². The number of hydrogen-bond acceptors (Lipinski definition) is 3. The number of pyridine rings is 1. The molecule has 0 amide bonds. The summed E-state index contributed by atoms with van der Waals surface area (Å²) in [7, 11) is 0. The number of aromatic nitrogens is 1. The van der Waals surface area contributed by atoms with Gasteiger partial charge in [-0.3, -0.25) is 4.79 Å². The van der Waals surface area contributed by atoms with Gasteiger partial charge in [-0.05, 0) is 34.5 Å². The van der Waals surface area contributed by atoms with Crippen LogP contribution in [0.1, 0.15) is 19.8 Å². The molecule has 0 bridgehead atoms. The normalized spacial score (nSPS) is 10.1. The van der Waals surface area contributed by atoms with E-state index in [4.69, 9.17) is 0 Å². The maximum absolute atomic E-state index is 11.3. The molecule has 14 heavy (non-hydrogen) atoms. The van der Waals surface area contributed by atoms with E-state index in [0.717, 1.165) is 15.9 Å². The molecule has 0 aromatic carbocycles. The van der Waals surface area contributed by atoms with Crippen molar-refractivity contribution in [3.05, 3.63) is 22.8 Å². The topological polar surface area (TPSA) is 30.0 Å². The Bertz CT molecular complexity index is 317. The van der Waals surface area contributed by atoms with Crippen molar-refractivity contribution in [2.75, 3.05) is 5.75 Å². The summed E-state index contributed by atoms with van der Waals surface area (Å²) in [5.74, 6) is 0.804. The molecule has 2 nitrogen and oxygen atoms in total. The minimum Gasteiger partial charge on any atom is -0.299 e. The van der Waals surface area contributed by atoms with E-state index in [2.05, 4.69) is 20.9 Å². The molecular formula is C10H12BrNOS. The smallest absolute Gasteiger partial charge is 0.143 e. The van der Waals surface area contributed by atoms with Crippen LogP contribution in [0.4, 0.5) is 0 Å². The van der Waals surface area contributed by atoms with Crippen molar-refractivity contribution in [2.24, 2.45) is 0 Å². The molecule has 4 heteroatoms. The van der Waals surface area contributed by atoms with Crippen LogP contribution in [0.2, 0.25) is 0 Å². The molecule has 0 aliphatic heterocycles. The minimum atomic E-state index is 0.287. The molecule has 0 aliphatic carbocycles. The zero-order valence-electron chi connectivity index (χ0n) is 8.00. The van der Waals surface area contributed by atoms with Crippen LogP contribution in [0.25, 0.3) is 0 Å². The van der Waals surface area contributed by atoms with Gasteiger partial charge in [0.15, 0.2) is 0 Å². The van der Waals surface area contributed by atoms with Crippen LogP contribution in [0, 0.1) is 0 Å². The summed E-state index contributed by atoms with van der Waals surface area (Å²) in [5, 5.41) is 0.886. The first-order valence-electron chi connectivity index (χ1n) is 4.49. The van der Waals surface area contributed by atoms with Gasteiger partial charge < -0.3 is 0 Å². The Morgan fingerprint density at radius 2 is 2.43 bits per heavy atom. The van der Waals surface area contributed by atoms with Crippen molar-refractivity contribution in [1.29, 1.82) is 0 Å². The minimum absolute atomic E-state index is 0.287. The number of rotatable bonds is 5.